The number of ether oxygens (including phenoxy) is 1. The second-order valence-electron chi connectivity index (χ2n) is 6.00. The molecule has 23 heavy (non-hydrogen) atoms. The fourth-order valence-electron chi connectivity index (χ4n) is 3.00. The van der Waals surface area contributed by atoms with Gasteiger partial charge in [0.15, 0.2) is 0 Å². The van der Waals surface area contributed by atoms with Gasteiger partial charge in [-0.3, -0.25) is 4.79 Å². The van der Waals surface area contributed by atoms with E-state index in [2.05, 4.69) is 5.32 Å². The Morgan fingerprint density at radius 2 is 2.04 bits per heavy atom. The van der Waals surface area contributed by atoms with Crippen LogP contribution in [0.15, 0.2) is 48.5 Å². The van der Waals surface area contributed by atoms with Crippen LogP contribution in [0.3, 0.4) is 0 Å². The molecule has 118 valence electrons. The molecule has 4 nitrogen and oxygen atoms in total. The van der Waals surface area contributed by atoms with Gasteiger partial charge in [0, 0.05) is 12.3 Å². The smallest absolute Gasteiger partial charge is 0.253 e. The summed E-state index contributed by atoms with van der Waals surface area (Å²) in [4.78, 5) is 12.7. The van der Waals surface area contributed by atoms with E-state index in [4.69, 9.17) is 10.5 Å². The lowest BCUT2D eigenvalue weighted by molar-refractivity contribution is 0.0673. The summed E-state index contributed by atoms with van der Waals surface area (Å²) in [7, 11) is 1.95. The number of amides is 1. The first-order valence-corrected chi connectivity index (χ1v) is 7.98. The van der Waals surface area contributed by atoms with Crippen LogP contribution >= 0.6 is 0 Å². The van der Waals surface area contributed by atoms with Gasteiger partial charge in [0.05, 0.1) is 17.7 Å². The Kier molecular flexibility index (Phi) is 4.67. The Balaban J connectivity index is 1.86. The predicted molar refractivity (Wildman–Crippen MR) is 94.7 cm³/mol. The Morgan fingerprint density at radius 1 is 1.26 bits per heavy atom. The van der Waals surface area contributed by atoms with Gasteiger partial charge in [-0.05, 0) is 24.5 Å². The molecule has 1 saturated heterocycles. The fraction of sp³-hybridized carbons (Fsp3) is 0.278. The minimum absolute atomic E-state index is 0.00684. The van der Waals surface area contributed by atoms with E-state index in [1.165, 1.54) is 0 Å². The van der Waals surface area contributed by atoms with Crippen molar-refractivity contribution in [3.05, 3.63) is 59.7 Å². The number of nitrogen functional groups attached to an aromatic ring is 1. The van der Waals surface area contributed by atoms with Gasteiger partial charge in [-0.2, -0.15) is 0 Å². The van der Waals surface area contributed by atoms with Gasteiger partial charge in [-0.1, -0.05) is 47.9 Å². The van der Waals surface area contributed by atoms with Crippen molar-refractivity contribution in [1.82, 2.24) is 5.32 Å². The summed E-state index contributed by atoms with van der Waals surface area (Å²) in [6.45, 7) is 0.746. The first-order chi connectivity index (χ1) is 11.1. The number of hydrogen-bond acceptors (Lipinski definition) is 3. The first-order valence-electron chi connectivity index (χ1n) is 7.98. The number of hydrogen-bond donors (Lipinski definition) is 2. The lowest BCUT2D eigenvalue weighted by Crippen LogP contribution is -2.36. The molecule has 2 aromatic carbocycles. The van der Waals surface area contributed by atoms with Crippen molar-refractivity contribution in [2.24, 2.45) is 0 Å². The SMILES string of the molecule is Bc1ccc(N)c(C(=O)NC(c2ccccc2)C2CCCO2)c1. The highest BCUT2D eigenvalue weighted by Gasteiger charge is 2.29. The van der Waals surface area contributed by atoms with Crippen LogP contribution in [0.25, 0.3) is 0 Å². The molecule has 1 fully saturated rings. The highest BCUT2D eigenvalue weighted by Crippen LogP contribution is 2.27. The number of rotatable bonds is 4. The molecule has 1 aliphatic heterocycles. The highest BCUT2D eigenvalue weighted by molar-refractivity contribution is 6.33. The maximum atomic E-state index is 12.7. The molecule has 0 radical (unpaired) electrons. The third-order valence-corrected chi connectivity index (χ3v) is 4.24. The average molecular weight is 308 g/mol. The van der Waals surface area contributed by atoms with Crippen molar-refractivity contribution in [3.63, 3.8) is 0 Å². The molecule has 2 aromatic rings. The van der Waals surface area contributed by atoms with Gasteiger partial charge in [-0.15, -0.1) is 0 Å². The van der Waals surface area contributed by atoms with Crippen LogP contribution in [-0.4, -0.2) is 26.5 Å². The van der Waals surface area contributed by atoms with E-state index in [1.54, 1.807) is 6.07 Å². The summed E-state index contributed by atoms with van der Waals surface area (Å²) in [6.07, 6.45) is 1.98. The zero-order chi connectivity index (χ0) is 16.2. The summed E-state index contributed by atoms with van der Waals surface area (Å²) >= 11 is 0. The monoisotopic (exact) mass is 308 g/mol. The largest absolute Gasteiger partial charge is 0.398 e. The van der Waals surface area contributed by atoms with Crippen molar-refractivity contribution >= 4 is 24.9 Å². The third-order valence-electron chi connectivity index (χ3n) is 4.24. The first kappa shape index (κ1) is 15.6. The maximum absolute atomic E-state index is 12.7. The lowest BCUT2D eigenvalue weighted by atomic mass is 9.93. The molecule has 0 spiro atoms. The fourth-order valence-corrected chi connectivity index (χ4v) is 3.00. The second kappa shape index (κ2) is 6.88. The molecule has 0 aliphatic carbocycles. The number of carbonyl (C=O) groups is 1. The summed E-state index contributed by atoms with van der Waals surface area (Å²) < 4.78 is 5.81. The highest BCUT2D eigenvalue weighted by atomic mass is 16.5. The van der Waals surface area contributed by atoms with E-state index in [9.17, 15) is 4.79 Å². The van der Waals surface area contributed by atoms with E-state index >= 15 is 0 Å². The third kappa shape index (κ3) is 3.56. The van der Waals surface area contributed by atoms with Gasteiger partial charge in [0.2, 0.25) is 0 Å². The van der Waals surface area contributed by atoms with E-state index < -0.39 is 0 Å². The van der Waals surface area contributed by atoms with E-state index in [1.807, 2.05) is 50.3 Å². The van der Waals surface area contributed by atoms with Crippen LogP contribution in [0.4, 0.5) is 5.69 Å². The number of anilines is 1. The lowest BCUT2D eigenvalue weighted by Gasteiger charge is -2.25. The van der Waals surface area contributed by atoms with Crippen LogP contribution in [0.1, 0.15) is 34.8 Å². The Morgan fingerprint density at radius 3 is 2.74 bits per heavy atom. The normalized spacial score (nSPS) is 18.5. The number of nitrogens with two attached hydrogens (primary N) is 1. The van der Waals surface area contributed by atoms with Gasteiger partial charge in [0.25, 0.3) is 5.91 Å². The van der Waals surface area contributed by atoms with Crippen LogP contribution in [-0.2, 0) is 4.74 Å². The molecular formula is C18H21BN2O2. The molecule has 0 saturated carbocycles. The summed E-state index contributed by atoms with van der Waals surface area (Å²) in [5.41, 5.74) is 9.04. The van der Waals surface area contributed by atoms with Gasteiger partial charge in [0.1, 0.15) is 7.85 Å². The van der Waals surface area contributed by atoms with Crippen LogP contribution in [0.2, 0.25) is 0 Å². The molecule has 3 N–H and O–H groups in total. The zero-order valence-corrected chi connectivity index (χ0v) is 13.3. The molecule has 0 aromatic heterocycles. The van der Waals surface area contributed by atoms with Gasteiger partial charge < -0.3 is 15.8 Å². The minimum atomic E-state index is -0.161. The van der Waals surface area contributed by atoms with Gasteiger partial charge >= 0.3 is 0 Å². The molecule has 1 aliphatic rings. The van der Waals surface area contributed by atoms with Crippen molar-refractivity contribution in [1.29, 1.82) is 0 Å². The Labute approximate surface area is 137 Å². The molecule has 1 heterocycles. The van der Waals surface area contributed by atoms with E-state index in [0.717, 1.165) is 30.5 Å². The molecule has 2 atom stereocenters. The molecule has 1 amide bonds. The summed E-state index contributed by atoms with van der Waals surface area (Å²) in [5, 5.41) is 3.12. The zero-order valence-electron chi connectivity index (χ0n) is 13.3. The van der Waals surface area contributed by atoms with Crippen LogP contribution in [0.5, 0.6) is 0 Å². The quantitative estimate of drug-likeness (QED) is 0.658. The minimum Gasteiger partial charge on any atom is -0.398 e. The predicted octanol–water partition coefficient (Wildman–Crippen LogP) is 1.18. The van der Waals surface area contributed by atoms with E-state index in [0.29, 0.717) is 11.3 Å². The molecular weight excluding hydrogens is 287 g/mol. The summed E-state index contributed by atoms with van der Waals surface area (Å²) in [6, 6.07) is 15.3. The average Bonchev–Trinajstić information content (AvgIpc) is 3.09. The number of carbonyl (C=O) groups excluding carboxylic acids is 1. The second-order valence-corrected chi connectivity index (χ2v) is 6.00. The van der Waals surface area contributed by atoms with Crippen molar-refractivity contribution in [2.45, 2.75) is 25.0 Å². The molecule has 3 rings (SSSR count). The molecule has 0 bridgehead atoms. The van der Waals surface area contributed by atoms with Gasteiger partial charge in [-0.25, -0.2) is 0 Å². The van der Waals surface area contributed by atoms with Crippen molar-refractivity contribution in [3.8, 4) is 0 Å². The van der Waals surface area contributed by atoms with Crippen molar-refractivity contribution in [2.75, 3.05) is 12.3 Å². The van der Waals surface area contributed by atoms with Crippen LogP contribution < -0.4 is 16.5 Å². The summed E-state index contributed by atoms with van der Waals surface area (Å²) in [5.74, 6) is -0.157. The molecule has 2 unspecified atom stereocenters. The maximum Gasteiger partial charge on any atom is 0.253 e. The standard InChI is InChI=1S/C18H21BN2O2/c19-13-8-9-15(20)14(11-13)18(22)21-17(16-7-4-10-23-16)12-5-2-1-3-6-12/h1-3,5-6,8-9,11,16-17H,4,7,10,19-20H2,(H,21,22). The van der Waals surface area contributed by atoms with Crippen LogP contribution in [0, 0.1) is 0 Å². The number of benzene rings is 2. The number of nitrogens with one attached hydrogen (secondary N) is 1. The van der Waals surface area contributed by atoms with E-state index in [-0.39, 0.29) is 18.1 Å². The Hall–Kier alpha value is -2.27. The topological polar surface area (TPSA) is 64.4 Å². The Bertz CT molecular complexity index is 685. The van der Waals surface area contributed by atoms with Crippen molar-refractivity contribution < 1.29 is 9.53 Å². The molecule has 5 heteroatoms.